The zero-order chi connectivity index (χ0) is 52.9. The van der Waals surface area contributed by atoms with Crippen molar-refractivity contribution in [2.75, 3.05) is 13.2 Å². The number of ether oxygens (including phenoxy) is 3. The average Bonchev–Trinajstić information content (AvgIpc) is 3.39. The molecule has 0 heterocycles. The lowest BCUT2D eigenvalue weighted by Gasteiger charge is -2.18. The van der Waals surface area contributed by atoms with Crippen molar-refractivity contribution >= 4 is 17.9 Å². The fraction of sp³-hybridized carbons (Fsp3) is 0.776. The Labute approximate surface area is 453 Å². The van der Waals surface area contributed by atoms with Crippen LogP contribution in [0, 0.1) is 0 Å². The predicted molar refractivity (Wildman–Crippen MR) is 316 cm³/mol. The summed E-state index contributed by atoms with van der Waals surface area (Å²) >= 11 is 0. The summed E-state index contributed by atoms with van der Waals surface area (Å²) in [6.45, 7) is 6.55. The van der Waals surface area contributed by atoms with E-state index in [4.69, 9.17) is 14.2 Å². The molecule has 0 aliphatic rings. The minimum atomic E-state index is -0.775. The van der Waals surface area contributed by atoms with Crippen molar-refractivity contribution in [3.05, 3.63) is 72.9 Å². The molecule has 73 heavy (non-hydrogen) atoms. The van der Waals surface area contributed by atoms with Gasteiger partial charge in [0.1, 0.15) is 13.2 Å². The van der Waals surface area contributed by atoms with Gasteiger partial charge in [0.15, 0.2) is 6.10 Å². The van der Waals surface area contributed by atoms with Crippen LogP contribution in [0.25, 0.3) is 0 Å². The van der Waals surface area contributed by atoms with Crippen molar-refractivity contribution in [1.29, 1.82) is 0 Å². The molecule has 0 aromatic carbocycles. The Kier molecular flexibility index (Phi) is 58.7. The Bertz CT molecular complexity index is 1360. The maximum Gasteiger partial charge on any atom is 0.306 e. The molecule has 0 bridgehead atoms. The van der Waals surface area contributed by atoms with E-state index < -0.39 is 6.10 Å². The molecule has 0 aromatic heterocycles. The second kappa shape index (κ2) is 61.4. The van der Waals surface area contributed by atoms with Crippen molar-refractivity contribution in [3.63, 3.8) is 0 Å². The maximum atomic E-state index is 12.9. The van der Waals surface area contributed by atoms with Crippen molar-refractivity contribution in [3.8, 4) is 0 Å². The first kappa shape index (κ1) is 69.8. The highest BCUT2D eigenvalue weighted by atomic mass is 16.6. The van der Waals surface area contributed by atoms with E-state index in [-0.39, 0.29) is 31.1 Å². The summed E-state index contributed by atoms with van der Waals surface area (Å²) in [4.78, 5) is 38.2. The third kappa shape index (κ3) is 59.6. The third-order valence-corrected chi connectivity index (χ3v) is 13.7. The van der Waals surface area contributed by atoms with E-state index in [1.54, 1.807) is 0 Å². The maximum absolute atomic E-state index is 12.9. The fourth-order valence-electron chi connectivity index (χ4n) is 9.04. The molecule has 422 valence electrons. The number of carbonyl (C=O) groups is 3. The van der Waals surface area contributed by atoms with Crippen LogP contribution >= 0.6 is 0 Å². The minimum absolute atomic E-state index is 0.0730. The summed E-state index contributed by atoms with van der Waals surface area (Å²) in [6, 6.07) is 0. The molecule has 0 aromatic rings. The summed E-state index contributed by atoms with van der Waals surface area (Å²) in [6.07, 6.45) is 79.0. The Morgan fingerprint density at radius 3 is 0.836 bits per heavy atom. The van der Waals surface area contributed by atoms with Gasteiger partial charge in [-0.1, -0.05) is 299 Å². The van der Waals surface area contributed by atoms with Gasteiger partial charge < -0.3 is 14.2 Å². The molecule has 1 unspecified atom stereocenters. The van der Waals surface area contributed by atoms with E-state index in [0.29, 0.717) is 19.3 Å². The van der Waals surface area contributed by atoms with E-state index in [0.717, 1.165) is 103 Å². The highest BCUT2D eigenvalue weighted by molar-refractivity contribution is 5.71. The zero-order valence-electron chi connectivity index (χ0n) is 48.4. The van der Waals surface area contributed by atoms with Crippen molar-refractivity contribution in [2.45, 2.75) is 322 Å². The molecule has 0 aliphatic heterocycles. The molecule has 0 amide bonds. The molecule has 6 heteroatoms. The van der Waals surface area contributed by atoms with E-state index in [2.05, 4.69) is 93.7 Å². The van der Waals surface area contributed by atoms with Crippen molar-refractivity contribution in [1.82, 2.24) is 0 Å². The van der Waals surface area contributed by atoms with Crippen LogP contribution in [0.1, 0.15) is 316 Å². The number of rotatable bonds is 57. The van der Waals surface area contributed by atoms with Gasteiger partial charge in [-0.05, 0) is 70.6 Å². The average molecular weight is 1020 g/mol. The van der Waals surface area contributed by atoms with Crippen LogP contribution in [0.15, 0.2) is 72.9 Å². The Morgan fingerprint density at radius 2 is 0.534 bits per heavy atom. The van der Waals surface area contributed by atoms with E-state index in [9.17, 15) is 14.4 Å². The van der Waals surface area contributed by atoms with Gasteiger partial charge in [0.05, 0.1) is 0 Å². The van der Waals surface area contributed by atoms with Crippen LogP contribution in [0.3, 0.4) is 0 Å². The molecule has 0 spiro atoms. The first-order chi connectivity index (χ1) is 36.0. The first-order valence-corrected chi connectivity index (χ1v) is 31.4. The van der Waals surface area contributed by atoms with Gasteiger partial charge in [0.25, 0.3) is 0 Å². The van der Waals surface area contributed by atoms with Crippen LogP contribution in [0.2, 0.25) is 0 Å². The number of hydrogen-bond donors (Lipinski definition) is 0. The Morgan fingerprint density at radius 1 is 0.288 bits per heavy atom. The van der Waals surface area contributed by atoms with Gasteiger partial charge in [-0.3, -0.25) is 14.4 Å². The molecular weight excluding hydrogens is 901 g/mol. The Balaban J connectivity index is 4.28. The van der Waals surface area contributed by atoms with Crippen LogP contribution in [0.5, 0.6) is 0 Å². The fourth-order valence-corrected chi connectivity index (χ4v) is 9.04. The summed E-state index contributed by atoms with van der Waals surface area (Å²) in [5, 5.41) is 0. The number of allylic oxidation sites excluding steroid dienone is 12. The Hall–Kier alpha value is -3.15. The lowest BCUT2D eigenvalue weighted by Crippen LogP contribution is -2.30. The van der Waals surface area contributed by atoms with Gasteiger partial charge in [-0.15, -0.1) is 0 Å². The second-order valence-electron chi connectivity index (χ2n) is 21.0. The van der Waals surface area contributed by atoms with Gasteiger partial charge in [0, 0.05) is 19.3 Å². The summed E-state index contributed by atoms with van der Waals surface area (Å²) < 4.78 is 16.9. The predicted octanol–water partition coefficient (Wildman–Crippen LogP) is 21.3. The van der Waals surface area contributed by atoms with Crippen LogP contribution in [-0.4, -0.2) is 37.2 Å². The normalized spacial score (nSPS) is 12.5. The number of esters is 3. The smallest absolute Gasteiger partial charge is 0.306 e. The minimum Gasteiger partial charge on any atom is -0.462 e. The topological polar surface area (TPSA) is 78.9 Å². The standard InChI is InChI=1S/C67H118O6/c1-4-7-10-13-16-19-22-25-27-29-30-31-32-33-34-35-36-37-38-39-41-42-45-48-51-54-57-60-66(69)72-63-64(62-71-65(68)59-56-53-50-47-44-24-21-18-15-12-9-6-3)73-67(70)61-58-55-52-49-46-43-40-28-26-23-20-17-14-11-8-5-2/h7,10,16,19,25,27,30-31,33-34,36-37,64H,4-6,8-9,11-15,17-18,20-24,26,28-29,32,35,38-63H2,1-3H3/b10-7-,19-16-,27-25-,31-30-,34-33-,37-36-. The molecule has 0 saturated heterocycles. The molecule has 0 fully saturated rings. The van der Waals surface area contributed by atoms with E-state index >= 15 is 0 Å². The number of unbranched alkanes of at least 4 members (excludes halogenated alkanes) is 34. The molecule has 0 N–H and O–H groups in total. The lowest BCUT2D eigenvalue weighted by atomic mass is 10.0. The molecule has 1 atom stereocenters. The number of hydrogen-bond acceptors (Lipinski definition) is 6. The lowest BCUT2D eigenvalue weighted by molar-refractivity contribution is -0.167. The summed E-state index contributed by atoms with van der Waals surface area (Å²) in [5.74, 6) is -0.865. The highest BCUT2D eigenvalue weighted by Crippen LogP contribution is 2.17. The van der Waals surface area contributed by atoms with Crippen LogP contribution < -0.4 is 0 Å². The highest BCUT2D eigenvalue weighted by Gasteiger charge is 2.19. The molecular formula is C67H118O6. The molecule has 0 aliphatic carbocycles. The first-order valence-electron chi connectivity index (χ1n) is 31.4. The molecule has 0 rings (SSSR count). The summed E-state index contributed by atoms with van der Waals surface area (Å²) in [7, 11) is 0. The second-order valence-corrected chi connectivity index (χ2v) is 21.0. The molecule has 0 saturated carbocycles. The monoisotopic (exact) mass is 1020 g/mol. The van der Waals surface area contributed by atoms with Crippen LogP contribution in [-0.2, 0) is 28.6 Å². The summed E-state index contributed by atoms with van der Waals surface area (Å²) in [5.41, 5.74) is 0. The van der Waals surface area contributed by atoms with Gasteiger partial charge in [0.2, 0.25) is 0 Å². The largest absolute Gasteiger partial charge is 0.462 e. The van der Waals surface area contributed by atoms with E-state index in [1.807, 2.05) is 0 Å². The van der Waals surface area contributed by atoms with Gasteiger partial charge in [-0.2, -0.15) is 0 Å². The van der Waals surface area contributed by atoms with Crippen LogP contribution in [0.4, 0.5) is 0 Å². The quantitative estimate of drug-likeness (QED) is 0.0261. The van der Waals surface area contributed by atoms with Gasteiger partial charge >= 0.3 is 17.9 Å². The third-order valence-electron chi connectivity index (χ3n) is 13.7. The molecule has 6 nitrogen and oxygen atoms in total. The van der Waals surface area contributed by atoms with Gasteiger partial charge in [-0.25, -0.2) is 0 Å². The number of carbonyl (C=O) groups excluding carboxylic acids is 3. The van der Waals surface area contributed by atoms with Crippen molar-refractivity contribution < 1.29 is 28.6 Å². The zero-order valence-corrected chi connectivity index (χ0v) is 48.4. The van der Waals surface area contributed by atoms with Crippen molar-refractivity contribution in [2.24, 2.45) is 0 Å². The molecule has 0 radical (unpaired) electrons. The SMILES string of the molecule is CC/C=C\C/C=C\C/C=C\C/C=C\C/C=C\C/C=C\CCCCCCCCCCC(=O)OCC(COC(=O)CCCCCCCCCCCCCC)OC(=O)CCCCCCCCCCCCCCCCCC. The van der Waals surface area contributed by atoms with E-state index in [1.165, 1.54) is 173 Å².